The van der Waals surface area contributed by atoms with Gasteiger partial charge in [0, 0.05) is 0 Å². The summed E-state index contributed by atoms with van der Waals surface area (Å²) in [5.74, 6) is 0.326. The summed E-state index contributed by atoms with van der Waals surface area (Å²) in [4.78, 5) is 4.33. The topological polar surface area (TPSA) is 12.4 Å². The number of aliphatic imine (C=N–C) groups is 1. The number of rotatable bonds is 5. The molecule has 0 amide bonds. The second kappa shape index (κ2) is 5.94. The van der Waals surface area contributed by atoms with Gasteiger partial charge in [-0.3, -0.25) is 4.99 Å². The summed E-state index contributed by atoms with van der Waals surface area (Å²) in [5.41, 5.74) is 3.19. The quantitative estimate of drug-likeness (QED) is 0.674. The molecule has 1 heterocycles. The maximum absolute atomic E-state index is 13.7. The van der Waals surface area contributed by atoms with Gasteiger partial charge in [0.1, 0.15) is 5.83 Å². The molecule has 0 fully saturated rings. The van der Waals surface area contributed by atoms with E-state index in [0.29, 0.717) is 5.92 Å². The molecule has 0 N–H and O–H groups in total. The maximum Gasteiger partial charge on any atom is 0.122 e. The normalized spacial score (nSPS) is 23.1. The van der Waals surface area contributed by atoms with Crippen LogP contribution in [0.3, 0.4) is 0 Å². The molecule has 0 bridgehead atoms. The highest BCUT2D eigenvalue weighted by molar-refractivity contribution is 6.05. The van der Waals surface area contributed by atoms with Gasteiger partial charge in [-0.15, -0.1) is 0 Å². The minimum Gasteiger partial charge on any atom is -0.281 e. The number of nitrogens with zero attached hydrogens (tertiary/aromatic N) is 1. The standard InChI is InChI=1S/C16H20FN/c1-3-15-10-13(11-18-15)5-4-6-14-8-7-12(2)9-16(14)17/h3,8-10,12H,1,4-7,11H2,2H3. The summed E-state index contributed by atoms with van der Waals surface area (Å²) in [7, 11) is 0. The first-order valence-corrected chi connectivity index (χ1v) is 6.62. The summed E-state index contributed by atoms with van der Waals surface area (Å²) in [6, 6.07) is 0. The summed E-state index contributed by atoms with van der Waals surface area (Å²) >= 11 is 0. The molecular formula is C16H20FN. The van der Waals surface area contributed by atoms with E-state index in [-0.39, 0.29) is 5.83 Å². The van der Waals surface area contributed by atoms with Crippen LogP contribution < -0.4 is 0 Å². The monoisotopic (exact) mass is 245 g/mol. The van der Waals surface area contributed by atoms with E-state index in [9.17, 15) is 4.39 Å². The maximum atomic E-state index is 13.7. The van der Waals surface area contributed by atoms with Crippen molar-refractivity contribution in [1.82, 2.24) is 0 Å². The number of hydrogen-bond acceptors (Lipinski definition) is 1. The van der Waals surface area contributed by atoms with Gasteiger partial charge in [0.05, 0.1) is 12.3 Å². The summed E-state index contributed by atoms with van der Waals surface area (Å²) in [5, 5.41) is 0. The second-order valence-electron chi connectivity index (χ2n) is 5.06. The molecule has 0 aromatic rings. The van der Waals surface area contributed by atoms with E-state index in [1.54, 1.807) is 12.2 Å². The Morgan fingerprint density at radius 1 is 1.50 bits per heavy atom. The van der Waals surface area contributed by atoms with Gasteiger partial charge >= 0.3 is 0 Å². The molecule has 96 valence electrons. The first kappa shape index (κ1) is 13.0. The largest absolute Gasteiger partial charge is 0.281 e. The van der Waals surface area contributed by atoms with Crippen LogP contribution in [-0.4, -0.2) is 12.3 Å². The molecule has 1 aliphatic carbocycles. The molecule has 0 saturated carbocycles. The molecule has 1 nitrogen and oxygen atoms in total. The molecule has 0 radical (unpaired) electrons. The van der Waals surface area contributed by atoms with Crippen LogP contribution in [0.5, 0.6) is 0 Å². The van der Waals surface area contributed by atoms with Crippen molar-refractivity contribution in [3.63, 3.8) is 0 Å². The Bertz CT molecular complexity index is 452. The van der Waals surface area contributed by atoms with Crippen LogP contribution in [0.15, 0.2) is 52.8 Å². The molecule has 0 saturated heterocycles. The highest BCUT2D eigenvalue weighted by Gasteiger charge is 2.13. The van der Waals surface area contributed by atoms with E-state index in [0.717, 1.165) is 43.5 Å². The minimum absolute atomic E-state index is 0.0165. The van der Waals surface area contributed by atoms with Crippen molar-refractivity contribution >= 4 is 5.71 Å². The lowest BCUT2D eigenvalue weighted by Gasteiger charge is -2.14. The third-order valence-electron chi connectivity index (χ3n) is 3.44. The Labute approximate surface area is 109 Å². The molecule has 1 aliphatic heterocycles. The zero-order valence-corrected chi connectivity index (χ0v) is 11.0. The molecule has 1 atom stereocenters. The molecular weight excluding hydrogens is 225 g/mol. The Balaban J connectivity index is 1.77. The third-order valence-corrected chi connectivity index (χ3v) is 3.44. The summed E-state index contributed by atoms with van der Waals surface area (Å²) in [6.07, 6.45) is 11.5. The predicted octanol–water partition coefficient (Wildman–Crippen LogP) is 4.54. The van der Waals surface area contributed by atoms with Crippen molar-refractivity contribution in [2.24, 2.45) is 10.9 Å². The van der Waals surface area contributed by atoms with Crippen LogP contribution in [0.1, 0.15) is 32.6 Å². The van der Waals surface area contributed by atoms with Gasteiger partial charge in [0.15, 0.2) is 0 Å². The molecule has 2 heteroatoms. The van der Waals surface area contributed by atoms with Gasteiger partial charge in [0.2, 0.25) is 0 Å². The van der Waals surface area contributed by atoms with E-state index < -0.39 is 0 Å². The fraction of sp³-hybridized carbons (Fsp3) is 0.438. The molecule has 0 aromatic heterocycles. The van der Waals surface area contributed by atoms with E-state index in [1.165, 1.54) is 5.57 Å². The smallest absolute Gasteiger partial charge is 0.122 e. The van der Waals surface area contributed by atoms with Crippen molar-refractivity contribution in [1.29, 1.82) is 0 Å². The number of hydrogen-bond donors (Lipinski definition) is 0. The molecule has 18 heavy (non-hydrogen) atoms. The van der Waals surface area contributed by atoms with Gasteiger partial charge in [-0.05, 0) is 61.0 Å². The lowest BCUT2D eigenvalue weighted by molar-refractivity contribution is 0.583. The number of halogens is 1. The van der Waals surface area contributed by atoms with Crippen LogP contribution in [0, 0.1) is 5.92 Å². The van der Waals surface area contributed by atoms with E-state index in [2.05, 4.69) is 23.7 Å². The van der Waals surface area contributed by atoms with Gasteiger partial charge < -0.3 is 0 Å². The second-order valence-corrected chi connectivity index (χ2v) is 5.06. The molecule has 2 rings (SSSR count). The molecule has 0 spiro atoms. The van der Waals surface area contributed by atoms with Crippen molar-refractivity contribution in [3.05, 3.63) is 47.9 Å². The molecule has 0 aromatic carbocycles. The van der Waals surface area contributed by atoms with Gasteiger partial charge in [-0.1, -0.05) is 19.6 Å². The summed E-state index contributed by atoms with van der Waals surface area (Å²) < 4.78 is 13.7. The highest BCUT2D eigenvalue weighted by atomic mass is 19.1. The zero-order valence-electron chi connectivity index (χ0n) is 11.0. The van der Waals surface area contributed by atoms with E-state index >= 15 is 0 Å². The Morgan fingerprint density at radius 3 is 3.00 bits per heavy atom. The Hall–Kier alpha value is -1.44. The highest BCUT2D eigenvalue weighted by Crippen LogP contribution is 2.28. The third kappa shape index (κ3) is 3.28. The van der Waals surface area contributed by atoms with Crippen molar-refractivity contribution < 1.29 is 4.39 Å². The fourth-order valence-corrected chi connectivity index (χ4v) is 2.35. The van der Waals surface area contributed by atoms with Crippen LogP contribution >= 0.6 is 0 Å². The van der Waals surface area contributed by atoms with Gasteiger partial charge in [-0.2, -0.15) is 0 Å². The Morgan fingerprint density at radius 2 is 2.33 bits per heavy atom. The first-order valence-electron chi connectivity index (χ1n) is 6.62. The summed E-state index contributed by atoms with van der Waals surface area (Å²) in [6.45, 7) is 6.54. The van der Waals surface area contributed by atoms with Crippen molar-refractivity contribution in [3.8, 4) is 0 Å². The van der Waals surface area contributed by atoms with Crippen LogP contribution in [0.4, 0.5) is 4.39 Å². The van der Waals surface area contributed by atoms with E-state index in [4.69, 9.17) is 0 Å². The van der Waals surface area contributed by atoms with Crippen LogP contribution in [0.2, 0.25) is 0 Å². The predicted molar refractivity (Wildman–Crippen MR) is 75.5 cm³/mol. The van der Waals surface area contributed by atoms with Crippen LogP contribution in [-0.2, 0) is 0 Å². The number of allylic oxidation sites excluding steroid dienone is 6. The van der Waals surface area contributed by atoms with Gasteiger partial charge in [0.25, 0.3) is 0 Å². The average Bonchev–Trinajstić information content (AvgIpc) is 2.80. The molecule has 1 unspecified atom stereocenters. The van der Waals surface area contributed by atoms with Crippen molar-refractivity contribution in [2.45, 2.75) is 32.6 Å². The van der Waals surface area contributed by atoms with Gasteiger partial charge in [-0.25, -0.2) is 4.39 Å². The Kier molecular flexibility index (Phi) is 4.29. The van der Waals surface area contributed by atoms with Crippen LogP contribution in [0.25, 0.3) is 0 Å². The fourth-order valence-electron chi connectivity index (χ4n) is 2.35. The molecule has 2 aliphatic rings. The van der Waals surface area contributed by atoms with Crippen molar-refractivity contribution in [2.75, 3.05) is 6.54 Å². The average molecular weight is 245 g/mol. The minimum atomic E-state index is -0.0165. The lowest BCUT2D eigenvalue weighted by Crippen LogP contribution is -1.99. The van der Waals surface area contributed by atoms with E-state index in [1.807, 2.05) is 6.92 Å². The first-order chi connectivity index (χ1) is 8.69. The lowest BCUT2D eigenvalue weighted by atomic mass is 9.94. The SMILES string of the molecule is C=CC1=NCC(CCCC2=CCC(C)C=C2F)=C1. The zero-order chi connectivity index (χ0) is 13.0.